The predicted octanol–water partition coefficient (Wildman–Crippen LogP) is 6.09. The number of rotatable bonds is 10. The summed E-state index contributed by atoms with van der Waals surface area (Å²) in [5.74, 6) is -3.16. The fraction of sp³-hybridized carbons (Fsp3) is 0.143. The van der Waals surface area contributed by atoms with E-state index in [4.69, 9.17) is 4.42 Å². The standard InChI is InChI=1S/C35H26F3NO8S2/c1-21-9-12-24-5-2-3-8-28(24)34(21)49(45,46)39(19-26-15-16-30(47-26)35(36,37)38)18-22-10-13-23(14-11-22)25-6-4-7-27(17-25)48(43,44)20-29-31(40)33(42)32(29)41/h2-17,40H,18-20H2,1H3. The quantitative estimate of drug-likeness (QED) is 0.169. The second-order valence-electron chi connectivity index (χ2n) is 11.4. The van der Waals surface area contributed by atoms with Crippen LogP contribution in [0.25, 0.3) is 21.9 Å². The number of fused-ring (bicyclic) bond motifs is 1. The zero-order valence-corrected chi connectivity index (χ0v) is 27.2. The number of sulfone groups is 1. The fourth-order valence-electron chi connectivity index (χ4n) is 5.55. The van der Waals surface area contributed by atoms with Gasteiger partial charge < -0.3 is 9.52 Å². The number of alkyl halides is 3. The molecule has 0 saturated carbocycles. The molecule has 0 bridgehead atoms. The molecular weight excluding hydrogens is 684 g/mol. The molecule has 0 aliphatic carbocycles. The Labute approximate surface area is 278 Å². The number of halogens is 3. The minimum absolute atomic E-state index is 0.0138. The number of hydrogen-bond acceptors (Lipinski definition) is 8. The minimum Gasteiger partial charge on any atom is -0.504 e. The third-order valence-electron chi connectivity index (χ3n) is 8.10. The van der Waals surface area contributed by atoms with Gasteiger partial charge >= 0.3 is 6.18 Å². The summed E-state index contributed by atoms with van der Waals surface area (Å²) < 4.78 is 101. The van der Waals surface area contributed by atoms with Gasteiger partial charge in [-0.2, -0.15) is 17.5 Å². The highest BCUT2D eigenvalue weighted by molar-refractivity contribution is 7.90. The Morgan fingerprint density at radius 1 is 0.776 bits per heavy atom. The Bertz CT molecular complexity index is 2510. The van der Waals surface area contributed by atoms with E-state index in [2.05, 4.69) is 0 Å². The van der Waals surface area contributed by atoms with E-state index in [1.54, 1.807) is 73.7 Å². The summed E-state index contributed by atoms with van der Waals surface area (Å²) in [6.45, 7) is 0.897. The Morgan fingerprint density at radius 3 is 2.16 bits per heavy atom. The van der Waals surface area contributed by atoms with Crippen molar-refractivity contribution in [1.82, 2.24) is 4.31 Å². The monoisotopic (exact) mass is 709 g/mol. The molecule has 6 aromatic rings. The van der Waals surface area contributed by atoms with Gasteiger partial charge in [-0.25, -0.2) is 16.8 Å². The maximum absolute atomic E-state index is 14.3. The lowest BCUT2D eigenvalue weighted by atomic mass is 10.0. The molecule has 0 aliphatic rings. The molecule has 5 aromatic carbocycles. The van der Waals surface area contributed by atoms with Gasteiger partial charge in [0.1, 0.15) is 5.76 Å². The van der Waals surface area contributed by atoms with Crippen molar-refractivity contribution in [3.63, 3.8) is 0 Å². The first-order valence-electron chi connectivity index (χ1n) is 14.6. The normalized spacial score (nSPS) is 12.7. The van der Waals surface area contributed by atoms with E-state index in [1.165, 1.54) is 18.2 Å². The number of nitrogens with zero attached hydrogens (tertiary/aromatic N) is 1. The predicted molar refractivity (Wildman–Crippen MR) is 175 cm³/mol. The van der Waals surface area contributed by atoms with E-state index < -0.39 is 66.3 Å². The summed E-state index contributed by atoms with van der Waals surface area (Å²) in [7, 11) is -8.43. The summed E-state index contributed by atoms with van der Waals surface area (Å²) in [4.78, 5) is 22.9. The number of benzene rings is 4. The van der Waals surface area contributed by atoms with Gasteiger partial charge in [0.2, 0.25) is 21.2 Å². The molecule has 0 aliphatic heterocycles. The van der Waals surface area contributed by atoms with Crippen molar-refractivity contribution in [3.05, 3.63) is 146 Å². The molecule has 0 amide bonds. The zero-order valence-electron chi connectivity index (χ0n) is 25.6. The van der Waals surface area contributed by atoms with Crippen molar-refractivity contribution >= 4 is 30.6 Å². The van der Waals surface area contributed by atoms with Crippen LogP contribution in [0.1, 0.15) is 28.2 Å². The molecule has 1 aromatic heterocycles. The highest BCUT2D eigenvalue weighted by Gasteiger charge is 2.36. The Kier molecular flexibility index (Phi) is 8.59. The van der Waals surface area contributed by atoms with Gasteiger partial charge in [-0.05, 0) is 58.8 Å². The Hall–Kier alpha value is -5.05. The first kappa shape index (κ1) is 33.8. The molecule has 1 heterocycles. The SMILES string of the molecule is Cc1ccc2ccccc2c1S(=O)(=O)N(Cc1ccc(-c2cccc(S(=O)(=O)Cc3c(O)c(=O)c3=O)c2)cc1)Cc1ccc(C(F)(F)F)o1. The van der Waals surface area contributed by atoms with Gasteiger partial charge in [0.15, 0.2) is 15.6 Å². The summed E-state index contributed by atoms with van der Waals surface area (Å²) >= 11 is 0. The van der Waals surface area contributed by atoms with Crippen LogP contribution in [0.4, 0.5) is 13.2 Å². The Balaban J connectivity index is 1.32. The van der Waals surface area contributed by atoms with Crippen LogP contribution in [-0.2, 0) is 44.9 Å². The summed E-state index contributed by atoms with van der Waals surface area (Å²) in [5.41, 5.74) is -0.704. The third kappa shape index (κ3) is 6.54. The average molecular weight is 710 g/mol. The van der Waals surface area contributed by atoms with Crippen LogP contribution in [0.5, 0.6) is 5.75 Å². The molecule has 0 atom stereocenters. The second kappa shape index (κ2) is 12.4. The minimum atomic E-state index is -4.76. The van der Waals surface area contributed by atoms with E-state index in [-0.39, 0.29) is 22.1 Å². The van der Waals surface area contributed by atoms with Gasteiger partial charge in [0.25, 0.3) is 5.43 Å². The maximum atomic E-state index is 14.3. The Morgan fingerprint density at radius 2 is 1.49 bits per heavy atom. The smallest absolute Gasteiger partial charge is 0.449 e. The first-order valence-corrected chi connectivity index (χ1v) is 17.7. The van der Waals surface area contributed by atoms with Crippen molar-refractivity contribution < 1.29 is 39.5 Å². The van der Waals surface area contributed by atoms with Gasteiger partial charge in [-0.1, -0.05) is 72.8 Å². The van der Waals surface area contributed by atoms with Crippen LogP contribution in [0.2, 0.25) is 0 Å². The molecule has 0 radical (unpaired) electrons. The number of sulfonamides is 1. The van der Waals surface area contributed by atoms with Crippen LogP contribution >= 0.6 is 0 Å². The van der Waals surface area contributed by atoms with E-state index in [1.807, 2.05) is 0 Å². The van der Waals surface area contributed by atoms with Crippen LogP contribution in [0.15, 0.2) is 121 Å². The van der Waals surface area contributed by atoms with Gasteiger partial charge in [-0.3, -0.25) is 9.59 Å². The molecule has 14 heteroatoms. The highest BCUT2D eigenvalue weighted by atomic mass is 32.2. The van der Waals surface area contributed by atoms with Crippen molar-refractivity contribution in [2.45, 2.75) is 41.7 Å². The van der Waals surface area contributed by atoms with Gasteiger partial charge in [0, 0.05) is 11.9 Å². The van der Waals surface area contributed by atoms with Crippen LogP contribution in [0, 0.1) is 6.92 Å². The van der Waals surface area contributed by atoms with Crippen molar-refractivity contribution in [2.75, 3.05) is 0 Å². The lowest BCUT2D eigenvalue weighted by Crippen LogP contribution is -2.35. The van der Waals surface area contributed by atoms with Crippen LogP contribution in [-0.4, -0.2) is 26.2 Å². The third-order valence-corrected chi connectivity index (χ3v) is 11.7. The fourth-order valence-corrected chi connectivity index (χ4v) is 8.77. The molecule has 0 spiro atoms. The van der Waals surface area contributed by atoms with Crippen molar-refractivity contribution in [3.8, 4) is 16.9 Å². The average Bonchev–Trinajstić information content (AvgIpc) is 3.56. The highest BCUT2D eigenvalue weighted by Crippen LogP contribution is 2.34. The number of hydrogen-bond donors (Lipinski definition) is 1. The van der Waals surface area contributed by atoms with Crippen molar-refractivity contribution in [1.29, 1.82) is 0 Å². The van der Waals surface area contributed by atoms with E-state index in [0.29, 0.717) is 33.0 Å². The van der Waals surface area contributed by atoms with Crippen molar-refractivity contribution in [2.24, 2.45) is 0 Å². The molecule has 0 unspecified atom stereocenters. The number of aryl methyl sites for hydroxylation is 1. The molecule has 6 rings (SSSR count). The maximum Gasteiger partial charge on any atom is 0.449 e. The molecular formula is C35H26F3NO8S2. The van der Waals surface area contributed by atoms with Gasteiger partial charge in [-0.15, -0.1) is 0 Å². The molecule has 0 fully saturated rings. The lowest BCUT2D eigenvalue weighted by Gasteiger charge is -2.24. The largest absolute Gasteiger partial charge is 0.504 e. The molecule has 49 heavy (non-hydrogen) atoms. The second-order valence-corrected chi connectivity index (χ2v) is 15.3. The molecule has 0 saturated heterocycles. The summed E-state index contributed by atoms with van der Waals surface area (Å²) in [5, 5.41) is 10.7. The first-order chi connectivity index (χ1) is 23.1. The summed E-state index contributed by atoms with van der Waals surface area (Å²) in [6, 6.07) is 24.4. The number of aromatic hydroxyl groups is 1. The van der Waals surface area contributed by atoms with E-state index in [0.717, 1.165) is 16.4 Å². The lowest BCUT2D eigenvalue weighted by molar-refractivity contribution is -0.153. The molecule has 9 nitrogen and oxygen atoms in total. The zero-order chi connectivity index (χ0) is 35.3. The molecule has 252 valence electrons. The van der Waals surface area contributed by atoms with E-state index in [9.17, 15) is 44.7 Å². The molecule has 1 N–H and O–H groups in total. The number of furan rings is 1. The van der Waals surface area contributed by atoms with Crippen LogP contribution in [0.3, 0.4) is 0 Å². The topological polar surface area (TPSA) is 139 Å². The van der Waals surface area contributed by atoms with Crippen LogP contribution < -0.4 is 10.9 Å². The van der Waals surface area contributed by atoms with E-state index >= 15 is 0 Å². The summed E-state index contributed by atoms with van der Waals surface area (Å²) in [6.07, 6.45) is -4.76. The van der Waals surface area contributed by atoms with Gasteiger partial charge in [0.05, 0.1) is 27.7 Å².